The minimum absolute atomic E-state index is 0.114. The quantitative estimate of drug-likeness (QED) is 0.682. The van der Waals surface area contributed by atoms with Crippen LogP contribution in [0.1, 0.15) is 31.2 Å². The third-order valence-corrected chi connectivity index (χ3v) is 4.50. The average molecular weight is 286 g/mol. The Morgan fingerprint density at radius 3 is 3.00 bits per heavy atom. The summed E-state index contributed by atoms with van der Waals surface area (Å²) in [6, 6.07) is 7.64. The van der Waals surface area contributed by atoms with Crippen LogP contribution in [0.2, 0.25) is 0 Å². The molecule has 2 fully saturated rings. The van der Waals surface area contributed by atoms with Gasteiger partial charge in [-0.1, -0.05) is 0 Å². The van der Waals surface area contributed by atoms with Gasteiger partial charge in [0.2, 0.25) is 0 Å². The molecule has 2 heterocycles. The third kappa shape index (κ3) is 2.83. The van der Waals surface area contributed by atoms with Crippen LogP contribution in [0.3, 0.4) is 0 Å². The molecular formula is C15H18N4O2. The molecule has 2 unspecified atom stereocenters. The highest BCUT2D eigenvalue weighted by Gasteiger charge is 2.31. The second kappa shape index (κ2) is 5.70. The molecule has 0 aliphatic carbocycles. The zero-order valence-corrected chi connectivity index (χ0v) is 11.8. The van der Waals surface area contributed by atoms with Gasteiger partial charge in [-0.05, 0) is 44.4 Å². The maximum Gasteiger partial charge on any atom is 0.287 e. The van der Waals surface area contributed by atoms with E-state index in [-0.39, 0.29) is 11.3 Å². The standard InChI is InChI=1S/C15H18N4O2/c16-10-11-8-12(3-4-15(11)19(20)21)17-13-5-7-18-6-1-2-14(18)9-13/h3-4,8,13-14,17H,1-2,5-7,9H2. The van der Waals surface area contributed by atoms with E-state index in [0.717, 1.165) is 25.1 Å². The first kappa shape index (κ1) is 13.8. The molecule has 0 aromatic heterocycles. The minimum Gasteiger partial charge on any atom is -0.382 e. The Labute approximate surface area is 123 Å². The number of piperidine rings is 1. The van der Waals surface area contributed by atoms with Crippen LogP contribution in [0.5, 0.6) is 0 Å². The zero-order valence-electron chi connectivity index (χ0n) is 11.8. The number of nitro benzene ring substituents is 1. The molecule has 0 radical (unpaired) electrons. The lowest BCUT2D eigenvalue weighted by Gasteiger charge is -2.35. The predicted octanol–water partition coefficient (Wildman–Crippen LogP) is 2.51. The van der Waals surface area contributed by atoms with Crippen molar-refractivity contribution < 1.29 is 4.92 Å². The molecule has 2 saturated heterocycles. The molecule has 2 aliphatic rings. The summed E-state index contributed by atoms with van der Waals surface area (Å²) >= 11 is 0. The molecule has 0 spiro atoms. The van der Waals surface area contributed by atoms with Crippen molar-refractivity contribution in [2.45, 2.75) is 37.8 Å². The highest BCUT2D eigenvalue weighted by molar-refractivity contribution is 5.59. The summed E-state index contributed by atoms with van der Waals surface area (Å²) in [5, 5.41) is 23.3. The summed E-state index contributed by atoms with van der Waals surface area (Å²) in [6.45, 7) is 2.33. The molecule has 0 amide bonds. The molecule has 0 bridgehead atoms. The van der Waals surface area contributed by atoms with Crippen LogP contribution in [-0.4, -0.2) is 35.0 Å². The van der Waals surface area contributed by atoms with Crippen molar-refractivity contribution in [1.29, 1.82) is 5.26 Å². The van der Waals surface area contributed by atoms with Crippen LogP contribution in [-0.2, 0) is 0 Å². The van der Waals surface area contributed by atoms with E-state index >= 15 is 0 Å². The average Bonchev–Trinajstić information content (AvgIpc) is 2.94. The number of hydrogen-bond donors (Lipinski definition) is 1. The van der Waals surface area contributed by atoms with Gasteiger partial charge in [0.25, 0.3) is 5.69 Å². The van der Waals surface area contributed by atoms with Gasteiger partial charge in [-0.25, -0.2) is 0 Å². The predicted molar refractivity (Wildman–Crippen MR) is 79.1 cm³/mol. The molecule has 110 valence electrons. The third-order valence-electron chi connectivity index (χ3n) is 4.50. The smallest absolute Gasteiger partial charge is 0.287 e. The fraction of sp³-hybridized carbons (Fsp3) is 0.533. The lowest BCUT2D eigenvalue weighted by molar-refractivity contribution is -0.385. The Morgan fingerprint density at radius 1 is 1.38 bits per heavy atom. The second-order valence-electron chi connectivity index (χ2n) is 5.80. The van der Waals surface area contributed by atoms with Crippen LogP contribution < -0.4 is 5.32 Å². The Bertz CT molecular complexity index is 596. The number of nitrogens with zero attached hydrogens (tertiary/aromatic N) is 3. The largest absolute Gasteiger partial charge is 0.382 e. The number of benzene rings is 1. The van der Waals surface area contributed by atoms with Crippen molar-refractivity contribution in [3.8, 4) is 6.07 Å². The molecule has 0 saturated carbocycles. The first-order valence-corrected chi connectivity index (χ1v) is 7.36. The van der Waals surface area contributed by atoms with E-state index in [0.29, 0.717) is 12.1 Å². The summed E-state index contributed by atoms with van der Waals surface area (Å²) in [4.78, 5) is 12.9. The van der Waals surface area contributed by atoms with Crippen LogP contribution >= 0.6 is 0 Å². The fourth-order valence-electron chi connectivity index (χ4n) is 3.47. The van der Waals surface area contributed by atoms with E-state index in [1.165, 1.54) is 25.5 Å². The minimum atomic E-state index is -0.515. The molecule has 1 aromatic carbocycles. The normalized spacial score (nSPS) is 25.1. The lowest BCUT2D eigenvalue weighted by Crippen LogP contribution is -2.42. The SMILES string of the molecule is N#Cc1cc(NC2CCN3CCCC3C2)ccc1[N+](=O)[O-]. The molecule has 2 aliphatic heterocycles. The molecule has 6 nitrogen and oxygen atoms in total. The molecule has 6 heteroatoms. The van der Waals surface area contributed by atoms with Crippen molar-refractivity contribution in [3.63, 3.8) is 0 Å². The monoisotopic (exact) mass is 286 g/mol. The summed E-state index contributed by atoms with van der Waals surface area (Å²) in [5.41, 5.74) is 0.783. The van der Waals surface area contributed by atoms with Gasteiger partial charge in [-0.2, -0.15) is 5.26 Å². The van der Waals surface area contributed by atoms with Gasteiger partial charge in [-0.15, -0.1) is 0 Å². The van der Waals surface area contributed by atoms with Crippen LogP contribution in [0.25, 0.3) is 0 Å². The Balaban J connectivity index is 1.70. The number of fused-ring (bicyclic) bond motifs is 1. The second-order valence-corrected chi connectivity index (χ2v) is 5.80. The number of nitriles is 1. The van der Waals surface area contributed by atoms with Crippen LogP contribution in [0.4, 0.5) is 11.4 Å². The molecular weight excluding hydrogens is 268 g/mol. The maximum atomic E-state index is 10.8. The van der Waals surface area contributed by atoms with Crippen molar-refractivity contribution in [2.24, 2.45) is 0 Å². The Morgan fingerprint density at radius 2 is 2.24 bits per heavy atom. The van der Waals surface area contributed by atoms with E-state index < -0.39 is 4.92 Å². The van der Waals surface area contributed by atoms with Gasteiger partial charge in [-0.3, -0.25) is 10.1 Å². The van der Waals surface area contributed by atoms with E-state index in [2.05, 4.69) is 10.2 Å². The molecule has 2 atom stereocenters. The molecule has 21 heavy (non-hydrogen) atoms. The van der Waals surface area contributed by atoms with E-state index in [1.807, 2.05) is 6.07 Å². The van der Waals surface area contributed by atoms with Gasteiger partial charge in [0.1, 0.15) is 11.6 Å². The van der Waals surface area contributed by atoms with Crippen molar-refractivity contribution in [2.75, 3.05) is 18.4 Å². The van der Waals surface area contributed by atoms with Crippen molar-refractivity contribution >= 4 is 11.4 Å². The van der Waals surface area contributed by atoms with Gasteiger partial charge in [0.15, 0.2) is 0 Å². The molecule has 1 N–H and O–H groups in total. The van der Waals surface area contributed by atoms with Crippen LogP contribution in [0.15, 0.2) is 18.2 Å². The summed E-state index contributed by atoms with van der Waals surface area (Å²) in [6.07, 6.45) is 4.74. The first-order valence-electron chi connectivity index (χ1n) is 7.36. The first-order chi connectivity index (χ1) is 10.2. The Kier molecular flexibility index (Phi) is 3.76. The summed E-state index contributed by atoms with van der Waals surface area (Å²) in [7, 11) is 0. The van der Waals surface area contributed by atoms with Crippen molar-refractivity contribution in [3.05, 3.63) is 33.9 Å². The number of nitrogens with one attached hydrogen (secondary N) is 1. The topological polar surface area (TPSA) is 82.2 Å². The zero-order chi connectivity index (χ0) is 14.8. The summed E-state index contributed by atoms with van der Waals surface area (Å²) in [5.74, 6) is 0. The fourth-order valence-corrected chi connectivity index (χ4v) is 3.47. The lowest BCUT2D eigenvalue weighted by atomic mass is 9.97. The van der Waals surface area contributed by atoms with Crippen molar-refractivity contribution in [1.82, 2.24) is 4.90 Å². The number of anilines is 1. The van der Waals surface area contributed by atoms with Gasteiger partial charge in [0.05, 0.1) is 4.92 Å². The van der Waals surface area contributed by atoms with E-state index in [4.69, 9.17) is 5.26 Å². The highest BCUT2D eigenvalue weighted by atomic mass is 16.6. The van der Waals surface area contributed by atoms with E-state index in [9.17, 15) is 10.1 Å². The molecule has 1 aromatic rings. The Hall–Kier alpha value is -2.13. The number of hydrogen-bond acceptors (Lipinski definition) is 5. The van der Waals surface area contributed by atoms with Gasteiger partial charge >= 0.3 is 0 Å². The number of rotatable bonds is 3. The highest BCUT2D eigenvalue weighted by Crippen LogP contribution is 2.29. The van der Waals surface area contributed by atoms with Crippen LogP contribution in [0, 0.1) is 21.4 Å². The summed E-state index contributed by atoms with van der Waals surface area (Å²) < 4.78 is 0. The number of nitro groups is 1. The molecule has 3 rings (SSSR count). The van der Waals surface area contributed by atoms with E-state index in [1.54, 1.807) is 12.1 Å². The maximum absolute atomic E-state index is 10.8. The van der Waals surface area contributed by atoms with Gasteiger partial charge < -0.3 is 10.2 Å². The van der Waals surface area contributed by atoms with Gasteiger partial charge in [0, 0.05) is 30.4 Å².